The van der Waals surface area contributed by atoms with Crippen molar-refractivity contribution < 1.29 is 19.1 Å². The van der Waals surface area contributed by atoms with Crippen molar-refractivity contribution in [3.8, 4) is 5.75 Å². The van der Waals surface area contributed by atoms with Crippen LogP contribution in [0.3, 0.4) is 0 Å². The van der Waals surface area contributed by atoms with Crippen molar-refractivity contribution in [1.82, 2.24) is 10.6 Å². The van der Waals surface area contributed by atoms with E-state index in [9.17, 15) is 14.4 Å². The Balaban J connectivity index is 1.85. The summed E-state index contributed by atoms with van der Waals surface area (Å²) in [5, 5.41) is 4.83. The fourth-order valence-corrected chi connectivity index (χ4v) is 2.13. The van der Waals surface area contributed by atoms with Crippen LogP contribution in [-0.4, -0.2) is 30.4 Å². The molecule has 1 atom stereocenters. The monoisotopic (exact) mass is 354 g/mol. The van der Waals surface area contributed by atoms with Crippen molar-refractivity contribution in [2.75, 3.05) is 6.61 Å². The fraction of sp³-hybridized carbons (Fsp3) is 0.250. The van der Waals surface area contributed by atoms with Crippen molar-refractivity contribution in [3.63, 3.8) is 0 Å². The number of urea groups is 1. The van der Waals surface area contributed by atoms with Gasteiger partial charge in [0.05, 0.1) is 0 Å². The molecule has 26 heavy (non-hydrogen) atoms. The number of hydrogen-bond donors (Lipinski definition) is 2. The molecule has 0 heterocycles. The molecule has 0 radical (unpaired) electrons. The van der Waals surface area contributed by atoms with Crippen molar-refractivity contribution in [2.45, 2.75) is 26.3 Å². The average Bonchev–Trinajstić information content (AvgIpc) is 2.66. The fourth-order valence-electron chi connectivity index (χ4n) is 2.13. The number of carbonyl (C=O) groups is 3. The van der Waals surface area contributed by atoms with Crippen molar-refractivity contribution in [1.29, 1.82) is 0 Å². The van der Waals surface area contributed by atoms with Gasteiger partial charge in [-0.05, 0) is 37.6 Å². The number of nitrogens with one attached hydrogen (secondary N) is 2. The molecule has 2 aromatic rings. The van der Waals surface area contributed by atoms with E-state index < -0.39 is 11.9 Å². The van der Waals surface area contributed by atoms with E-state index in [0.717, 1.165) is 6.42 Å². The van der Waals surface area contributed by atoms with Crippen LogP contribution in [0, 0.1) is 0 Å². The summed E-state index contributed by atoms with van der Waals surface area (Å²) >= 11 is 0. The predicted molar refractivity (Wildman–Crippen MR) is 98.2 cm³/mol. The van der Waals surface area contributed by atoms with Crippen LogP contribution in [0.1, 0.15) is 36.2 Å². The first-order chi connectivity index (χ1) is 12.5. The minimum absolute atomic E-state index is 0.0154. The molecule has 0 aliphatic heterocycles. The van der Waals surface area contributed by atoms with Crippen LogP contribution >= 0.6 is 0 Å². The third-order valence-corrected chi connectivity index (χ3v) is 3.77. The standard InChI is InChI=1S/C20H22N2O4/c1-3-14(2)21-20(25)22-18(23)13-26-17-11-9-16(10-12-17)19(24)15-7-5-4-6-8-15/h4-12,14H,3,13H2,1-2H3,(H2,21,22,23,25)/t14-/m0/s1. The normalized spacial score (nSPS) is 11.3. The number of carbonyl (C=O) groups excluding carboxylic acids is 3. The Morgan fingerprint density at radius 1 is 0.962 bits per heavy atom. The molecule has 2 rings (SSSR count). The van der Waals surface area contributed by atoms with Gasteiger partial charge in [-0.3, -0.25) is 14.9 Å². The smallest absolute Gasteiger partial charge is 0.321 e. The molecule has 0 aromatic heterocycles. The van der Waals surface area contributed by atoms with Gasteiger partial charge in [0.1, 0.15) is 5.75 Å². The summed E-state index contributed by atoms with van der Waals surface area (Å²) in [4.78, 5) is 35.6. The van der Waals surface area contributed by atoms with E-state index in [1.807, 2.05) is 19.9 Å². The Hall–Kier alpha value is -3.15. The highest BCUT2D eigenvalue weighted by molar-refractivity contribution is 6.09. The molecular formula is C20H22N2O4. The summed E-state index contributed by atoms with van der Waals surface area (Å²) in [5.41, 5.74) is 1.13. The minimum Gasteiger partial charge on any atom is -0.484 e. The van der Waals surface area contributed by atoms with E-state index in [1.54, 1.807) is 48.5 Å². The van der Waals surface area contributed by atoms with E-state index in [1.165, 1.54) is 0 Å². The SMILES string of the molecule is CC[C@H](C)NC(=O)NC(=O)COc1ccc(C(=O)c2ccccc2)cc1. The van der Waals surface area contributed by atoms with E-state index in [0.29, 0.717) is 16.9 Å². The first-order valence-electron chi connectivity index (χ1n) is 8.42. The van der Waals surface area contributed by atoms with Gasteiger partial charge in [0.2, 0.25) is 0 Å². The van der Waals surface area contributed by atoms with Gasteiger partial charge in [-0.15, -0.1) is 0 Å². The Bertz CT molecular complexity index is 757. The Morgan fingerprint density at radius 3 is 2.19 bits per heavy atom. The van der Waals surface area contributed by atoms with E-state index in [-0.39, 0.29) is 18.4 Å². The maximum Gasteiger partial charge on any atom is 0.321 e. The highest BCUT2D eigenvalue weighted by Crippen LogP contribution is 2.15. The third kappa shape index (κ3) is 5.73. The summed E-state index contributed by atoms with van der Waals surface area (Å²) in [6.45, 7) is 3.49. The van der Waals surface area contributed by atoms with E-state index >= 15 is 0 Å². The number of ketones is 1. The van der Waals surface area contributed by atoms with Gasteiger partial charge in [-0.1, -0.05) is 37.3 Å². The topological polar surface area (TPSA) is 84.5 Å². The van der Waals surface area contributed by atoms with Crippen LogP contribution in [0.4, 0.5) is 4.79 Å². The highest BCUT2D eigenvalue weighted by Gasteiger charge is 2.11. The summed E-state index contributed by atoms with van der Waals surface area (Å²) in [5.74, 6) is -0.195. The highest BCUT2D eigenvalue weighted by atomic mass is 16.5. The molecule has 0 spiro atoms. The first kappa shape index (κ1) is 19.2. The second kappa shape index (κ2) is 9.36. The lowest BCUT2D eigenvalue weighted by Gasteiger charge is -2.12. The van der Waals surface area contributed by atoms with E-state index in [2.05, 4.69) is 10.6 Å². The number of imide groups is 1. The zero-order valence-electron chi connectivity index (χ0n) is 14.8. The molecule has 0 aliphatic carbocycles. The molecule has 0 fully saturated rings. The maximum absolute atomic E-state index is 12.3. The van der Waals surface area contributed by atoms with Gasteiger partial charge in [0.25, 0.3) is 5.91 Å². The molecule has 6 nitrogen and oxygen atoms in total. The third-order valence-electron chi connectivity index (χ3n) is 3.77. The van der Waals surface area contributed by atoms with E-state index in [4.69, 9.17) is 4.74 Å². The Labute approximate surface area is 152 Å². The molecule has 2 N–H and O–H groups in total. The molecule has 136 valence electrons. The largest absolute Gasteiger partial charge is 0.484 e. The van der Waals surface area contributed by atoms with Crippen molar-refractivity contribution in [3.05, 3.63) is 65.7 Å². The number of amides is 3. The molecule has 3 amide bonds. The van der Waals surface area contributed by atoms with Gasteiger partial charge >= 0.3 is 6.03 Å². The summed E-state index contributed by atoms with van der Waals surface area (Å²) < 4.78 is 5.34. The van der Waals surface area contributed by atoms with Gasteiger partial charge in [0.15, 0.2) is 12.4 Å². The lowest BCUT2D eigenvalue weighted by atomic mass is 10.0. The quantitative estimate of drug-likeness (QED) is 0.749. The number of ether oxygens (including phenoxy) is 1. The molecule has 2 aromatic carbocycles. The molecule has 0 saturated heterocycles. The van der Waals surface area contributed by atoms with Gasteiger partial charge < -0.3 is 10.1 Å². The van der Waals surface area contributed by atoms with Crippen molar-refractivity contribution >= 4 is 17.7 Å². The van der Waals surface area contributed by atoms with Crippen LogP contribution in [0.5, 0.6) is 5.75 Å². The van der Waals surface area contributed by atoms with Crippen LogP contribution in [-0.2, 0) is 4.79 Å². The van der Waals surface area contributed by atoms with Crippen LogP contribution < -0.4 is 15.4 Å². The van der Waals surface area contributed by atoms with Crippen molar-refractivity contribution in [2.24, 2.45) is 0 Å². The van der Waals surface area contributed by atoms with Gasteiger partial charge in [0, 0.05) is 17.2 Å². The zero-order valence-corrected chi connectivity index (χ0v) is 14.8. The number of hydrogen-bond acceptors (Lipinski definition) is 4. The van der Waals surface area contributed by atoms with Crippen LogP contribution in [0.25, 0.3) is 0 Å². The average molecular weight is 354 g/mol. The molecule has 0 bridgehead atoms. The number of rotatable bonds is 7. The number of benzene rings is 2. The Kier molecular flexibility index (Phi) is 6.91. The molecule has 0 unspecified atom stereocenters. The second-order valence-electron chi connectivity index (χ2n) is 5.84. The maximum atomic E-state index is 12.3. The minimum atomic E-state index is -0.546. The molecular weight excluding hydrogens is 332 g/mol. The summed E-state index contributed by atoms with van der Waals surface area (Å²) in [7, 11) is 0. The van der Waals surface area contributed by atoms with Gasteiger partial charge in [-0.2, -0.15) is 0 Å². The lowest BCUT2D eigenvalue weighted by molar-refractivity contribution is -0.122. The second-order valence-corrected chi connectivity index (χ2v) is 5.84. The zero-order chi connectivity index (χ0) is 18.9. The van der Waals surface area contributed by atoms with Crippen LogP contribution in [0.2, 0.25) is 0 Å². The first-order valence-corrected chi connectivity index (χ1v) is 8.42. The van der Waals surface area contributed by atoms with Gasteiger partial charge in [-0.25, -0.2) is 4.79 Å². The summed E-state index contributed by atoms with van der Waals surface area (Å²) in [6, 6.07) is 14.9. The predicted octanol–water partition coefficient (Wildman–Crippen LogP) is 2.92. The Morgan fingerprint density at radius 2 is 1.58 bits per heavy atom. The molecule has 0 aliphatic rings. The molecule has 0 saturated carbocycles. The lowest BCUT2D eigenvalue weighted by Crippen LogP contribution is -2.44. The summed E-state index contributed by atoms with van der Waals surface area (Å²) in [6.07, 6.45) is 0.770. The molecule has 6 heteroatoms. The van der Waals surface area contributed by atoms with Crippen LogP contribution in [0.15, 0.2) is 54.6 Å².